The number of aryl methyl sites for hydroxylation is 1. The highest BCUT2D eigenvalue weighted by Gasteiger charge is 2.41. The van der Waals surface area contributed by atoms with Crippen LogP contribution < -0.4 is 0 Å². The molecule has 3 rings (SSSR count). The highest BCUT2D eigenvalue weighted by molar-refractivity contribution is 5.94. The number of nitrogens with zero attached hydrogens (tertiary/aromatic N) is 1. The van der Waals surface area contributed by atoms with Gasteiger partial charge in [-0.15, -0.1) is 0 Å². The van der Waals surface area contributed by atoms with E-state index < -0.39 is 29.8 Å². The maximum absolute atomic E-state index is 13.3. The molecule has 0 unspecified atom stereocenters. The SMILES string of the molecule is Cc1cc(C(=O)N2C[C@H](O)C[C@H]2c2ccccc2C(F)(F)F)co1. The van der Waals surface area contributed by atoms with Crippen LogP contribution in [0.1, 0.15) is 39.7 Å². The third-order valence-corrected chi connectivity index (χ3v) is 4.14. The number of aliphatic hydroxyl groups excluding tert-OH is 1. The smallest absolute Gasteiger partial charge is 0.416 e. The van der Waals surface area contributed by atoms with Gasteiger partial charge in [0.2, 0.25) is 0 Å². The summed E-state index contributed by atoms with van der Waals surface area (Å²) in [5.74, 6) is 0.0794. The van der Waals surface area contributed by atoms with Crippen LogP contribution in [0.25, 0.3) is 0 Å². The molecule has 1 amide bonds. The summed E-state index contributed by atoms with van der Waals surface area (Å²) in [5.41, 5.74) is -0.531. The summed E-state index contributed by atoms with van der Waals surface area (Å²) in [6, 6.07) is 5.85. The van der Waals surface area contributed by atoms with E-state index in [1.807, 2.05) is 0 Å². The van der Waals surface area contributed by atoms with Crippen LogP contribution in [0.4, 0.5) is 13.2 Å². The summed E-state index contributed by atoms with van der Waals surface area (Å²) in [5, 5.41) is 9.93. The van der Waals surface area contributed by atoms with Gasteiger partial charge >= 0.3 is 6.18 Å². The van der Waals surface area contributed by atoms with Crippen LogP contribution in [0.2, 0.25) is 0 Å². The molecule has 1 aliphatic heterocycles. The highest BCUT2D eigenvalue weighted by Crippen LogP contribution is 2.40. The summed E-state index contributed by atoms with van der Waals surface area (Å²) < 4.78 is 44.9. The zero-order valence-corrected chi connectivity index (χ0v) is 12.9. The van der Waals surface area contributed by atoms with Gasteiger partial charge in [-0.1, -0.05) is 18.2 Å². The molecule has 0 saturated carbocycles. The quantitative estimate of drug-likeness (QED) is 0.910. The summed E-state index contributed by atoms with van der Waals surface area (Å²) in [7, 11) is 0. The fourth-order valence-electron chi connectivity index (χ4n) is 3.10. The monoisotopic (exact) mass is 339 g/mol. The number of alkyl halides is 3. The number of carbonyl (C=O) groups is 1. The molecule has 2 aromatic rings. The fraction of sp³-hybridized carbons (Fsp3) is 0.353. The molecule has 1 fully saturated rings. The van der Waals surface area contributed by atoms with Gasteiger partial charge in [0, 0.05) is 6.54 Å². The second kappa shape index (κ2) is 5.98. The molecular weight excluding hydrogens is 323 g/mol. The van der Waals surface area contributed by atoms with E-state index in [1.165, 1.54) is 35.4 Å². The van der Waals surface area contributed by atoms with Gasteiger partial charge < -0.3 is 14.4 Å². The number of amides is 1. The maximum Gasteiger partial charge on any atom is 0.416 e. The molecular formula is C17H16F3NO3. The molecule has 1 N–H and O–H groups in total. The largest absolute Gasteiger partial charge is 0.469 e. The van der Waals surface area contributed by atoms with Crippen LogP contribution in [0, 0.1) is 6.92 Å². The Morgan fingerprint density at radius 2 is 2.04 bits per heavy atom. The third-order valence-electron chi connectivity index (χ3n) is 4.14. The molecule has 4 nitrogen and oxygen atoms in total. The number of hydrogen-bond acceptors (Lipinski definition) is 3. The van der Waals surface area contributed by atoms with E-state index in [4.69, 9.17) is 4.42 Å². The normalized spacial score (nSPS) is 21.3. The van der Waals surface area contributed by atoms with Crippen LogP contribution in [0.5, 0.6) is 0 Å². The summed E-state index contributed by atoms with van der Waals surface area (Å²) in [6.07, 6.45) is -4.05. The van der Waals surface area contributed by atoms with Gasteiger partial charge in [0.25, 0.3) is 5.91 Å². The number of likely N-dealkylation sites (tertiary alicyclic amines) is 1. The topological polar surface area (TPSA) is 53.7 Å². The Kier molecular flexibility index (Phi) is 4.13. The number of halogens is 3. The lowest BCUT2D eigenvalue weighted by molar-refractivity contribution is -0.138. The number of β-amino-alcohol motifs (C(OH)–C–C–N with tert-alkyl or cyclic N) is 1. The summed E-state index contributed by atoms with van der Waals surface area (Å²) in [4.78, 5) is 13.9. The van der Waals surface area contributed by atoms with Crippen molar-refractivity contribution >= 4 is 5.91 Å². The molecule has 24 heavy (non-hydrogen) atoms. The molecule has 1 saturated heterocycles. The molecule has 0 radical (unpaired) electrons. The molecule has 7 heteroatoms. The van der Waals surface area contributed by atoms with E-state index in [0.717, 1.165) is 6.07 Å². The first-order valence-electron chi connectivity index (χ1n) is 7.47. The van der Waals surface area contributed by atoms with Crippen LogP contribution >= 0.6 is 0 Å². The number of furan rings is 1. The van der Waals surface area contributed by atoms with Crippen LogP contribution in [0.15, 0.2) is 41.0 Å². The molecule has 0 spiro atoms. The first-order chi connectivity index (χ1) is 11.3. The Hall–Kier alpha value is -2.28. The van der Waals surface area contributed by atoms with Gasteiger partial charge in [-0.05, 0) is 31.0 Å². The second-order valence-corrected chi connectivity index (χ2v) is 5.89. The van der Waals surface area contributed by atoms with Gasteiger partial charge in [-0.2, -0.15) is 13.2 Å². The van der Waals surface area contributed by atoms with Gasteiger partial charge in [-0.3, -0.25) is 4.79 Å². The minimum atomic E-state index is -4.52. The van der Waals surface area contributed by atoms with Crippen molar-refractivity contribution in [1.29, 1.82) is 0 Å². The molecule has 1 aromatic carbocycles. The van der Waals surface area contributed by atoms with Gasteiger partial charge in [0.15, 0.2) is 0 Å². The van der Waals surface area contributed by atoms with Crippen LogP contribution in [-0.2, 0) is 6.18 Å². The van der Waals surface area contributed by atoms with E-state index in [9.17, 15) is 23.1 Å². The fourth-order valence-corrected chi connectivity index (χ4v) is 3.10. The number of benzene rings is 1. The lowest BCUT2D eigenvalue weighted by Crippen LogP contribution is -2.32. The first kappa shape index (κ1) is 16.6. The zero-order chi connectivity index (χ0) is 17.5. The van der Waals surface area contributed by atoms with Crippen molar-refractivity contribution in [2.24, 2.45) is 0 Å². The maximum atomic E-state index is 13.3. The lowest BCUT2D eigenvalue weighted by Gasteiger charge is -2.26. The van der Waals surface area contributed by atoms with Crippen molar-refractivity contribution in [3.05, 3.63) is 59.0 Å². The van der Waals surface area contributed by atoms with E-state index in [1.54, 1.807) is 6.92 Å². The molecule has 1 aromatic heterocycles. The Bertz CT molecular complexity index is 754. The van der Waals surface area contributed by atoms with E-state index in [-0.39, 0.29) is 24.1 Å². The minimum absolute atomic E-state index is 0.00452. The van der Waals surface area contributed by atoms with Crippen molar-refractivity contribution in [2.75, 3.05) is 6.54 Å². The number of hydrogen-bond donors (Lipinski definition) is 1. The Morgan fingerprint density at radius 3 is 2.67 bits per heavy atom. The summed E-state index contributed by atoms with van der Waals surface area (Å²) >= 11 is 0. The zero-order valence-electron chi connectivity index (χ0n) is 12.9. The number of carbonyl (C=O) groups excluding carboxylic acids is 1. The lowest BCUT2D eigenvalue weighted by atomic mass is 9.97. The van der Waals surface area contributed by atoms with Gasteiger partial charge in [0.1, 0.15) is 12.0 Å². The number of rotatable bonds is 2. The first-order valence-corrected chi connectivity index (χ1v) is 7.47. The van der Waals surface area contributed by atoms with Crippen LogP contribution in [-0.4, -0.2) is 28.6 Å². The minimum Gasteiger partial charge on any atom is -0.469 e. The molecule has 2 atom stereocenters. The second-order valence-electron chi connectivity index (χ2n) is 5.89. The molecule has 128 valence electrons. The Labute approximate surface area is 136 Å². The van der Waals surface area contributed by atoms with Gasteiger partial charge in [-0.25, -0.2) is 0 Å². The van der Waals surface area contributed by atoms with Crippen molar-refractivity contribution in [3.63, 3.8) is 0 Å². The summed E-state index contributed by atoms with van der Waals surface area (Å²) in [6.45, 7) is 1.66. The van der Waals surface area contributed by atoms with E-state index in [0.29, 0.717) is 5.76 Å². The molecule has 0 aliphatic carbocycles. The average molecular weight is 339 g/mol. The third kappa shape index (κ3) is 3.03. The average Bonchev–Trinajstić information content (AvgIpc) is 3.12. The predicted octanol–water partition coefficient (Wildman–Crippen LogP) is 3.55. The molecule has 1 aliphatic rings. The standard InChI is InChI=1S/C17H16F3NO3/c1-10-6-11(9-24-10)16(23)21-8-12(22)7-15(21)13-4-2-3-5-14(13)17(18,19)20/h2-6,9,12,15,22H,7-8H2,1H3/t12-,15+/m1/s1. The Morgan fingerprint density at radius 1 is 1.33 bits per heavy atom. The van der Waals surface area contributed by atoms with E-state index in [2.05, 4.69) is 0 Å². The number of aliphatic hydroxyl groups is 1. The van der Waals surface area contributed by atoms with Crippen molar-refractivity contribution in [1.82, 2.24) is 4.90 Å². The van der Waals surface area contributed by atoms with Crippen molar-refractivity contribution in [2.45, 2.75) is 31.7 Å². The Balaban J connectivity index is 1.99. The molecule has 2 heterocycles. The predicted molar refractivity (Wildman–Crippen MR) is 79.3 cm³/mol. The molecule has 0 bridgehead atoms. The highest BCUT2D eigenvalue weighted by atomic mass is 19.4. The van der Waals surface area contributed by atoms with Crippen LogP contribution in [0.3, 0.4) is 0 Å². The van der Waals surface area contributed by atoms with Gasteiger partial charge in [0.05, 0.1) is 23.3 Å². The van der Waals surface area contributed by atoms with E-state index >= 15 is 0 Å². The van der Waals surface area contributed by atoms with Crippen molar-refractivity contribution in [3.8, 4) is 0 Å². The van der Waals surface area contributed by atoms with Crippen molar-refractivity contribution < 1.29 is 27.5 Å².